The second-order valence-corrected chi connectivity index (χ2v) is 11.4. The average Bonchev–Trinajstić information content (AvgIpc) is 2.72. The van der Waals surface area contributed by atoms with Crippen LogP contribution < -0.4 is 0 Å². The molecule has 32 heavy (non-hydrogen) atoms. The van der Waals surface area contributed by atoms with E-state index in [0.29, 0.717) is 6.42 Å². The number of aliphatic hydroxyl groups excluding tert-OH is 4. The van der Waals surface area contributed by atoms with Gasteiger partial charge < -0.3 is 25.2 Å². The number of hydrogen-bond donors (Lipinski definition) is 5. The molecule has 0 spiro atoms. The van der Waals surface area contributed by atoms with E-state index >= 15 is 0 Å². The van der Waals surface area contributed by atoms with Gasteiger partial charge in [-0.1, -0.05) is 55.4 Å². The Labute approximate surface area is 196 Å². The number of unbranched alkanes of at least 4 members (excludes halogenated alkanes) is 7. The van der Waals surface area contributed by atoms with Crippen LogP contribution in [0.4, 0.5) is 0 Å². The lowest BCUT2D eigenvalue weighted by Crippen LogP contribution is -2.57. The summed E-state index contributed by atoms with van der Waals surface area (Å²) >= 11 is 0.789. The van der Waals surface area contributed by atoms with E-state index in [1.165, 1.54) is 0 Å². The molecule has 1 saturated heterocycles. The molecular weight excluding hydrogens is 486 g/mol. The van der Waals surface area contributed by atoms with Crippen LogP contribution in [-0.2, 0) is 30.2 Å². The van der Waals surface area contributed by atoms with E-state index in [0.717, 1.165) is 62.5 Å². The Balaban J connectivity index is 2.48. The second-order valence-electron chi connectivity index (χ2n) is 7.66. The van der Waals surface area contributed by atoms with Crippen molar-refractivity contribution in [2.75, 3.05) is 18.6 Å². The number of aliphatic hydroxyl groups is 4. The van der Waals surface area contributed by atoms with E-state index in [-0.39, 0.29) is 11.5 Å². The zero-order valence-electron chi connectivity index (χ0n) is 18.1. The minimum atomic E-state index is -4.82. The quantitative estimate of drug-likeness (QED) is 0.0666. The average molecular weight is 522 g/mol. The molecule has 1 heterocycles. The summed E-state index contributed by atoms with van der Waals surface area (Å²) in [4.78, 5) is 0. The highest BCUT2D eigenvalue weighted by Gasteiger charge is 2.44. The van der Waals surface area contributed by atoms with Gasteiger partial charge in [0.15, 0.2) is 0 Å². The summed E-state index contributed by atoms with van der Waals surface area (Å²) in [5.74, 6) is 0.736. The molecule has 0 bridgehead atoms. The Kier molecular flexibility index (Phi) is 14.4. The fraction of sp³-hybridized carbons (Fsp3) is 0.944. The summed E-state index contributed by atoms with van der Waals surface area (Å²) in [5.41, 5.74) is -1.13. The molecule has 1 fully saturated rings. The molecule has 0 aromatic carbocycles. The van der Waals surface area contributed by atoms with Gasteiger partial charge in [0.2, 0.25) is 0 Å². The summed E-state index contributed by atoms with van der Waals surface area (Å²) in [6.07, 6.45) is 3.90. The van der Waals surface area contributed by atoms with Crippen molar-refractivity contribution in [2.45, 2.75) is 87.6 Å². The van der Waals surface area contributed by atoms with E-state index < -0.39 is 57.7 Å². The van der Waals surface area contributed by atoms with E-state index in [9.17, 15) is 33.1 Å². The van der Waals surface area contributed by atoms with Gasteiger partial charge in [-0.25, -0.2) is 4.28 Å². The van der Waals surface area contributed by atoms with Gasteiger partial charge in [-0.3, -0.25) is 8.76 Å². The van der Waals surface area contributed by atoms with Crippen molar-refractivity contribution < 1.29 is 46.6 Å². The summed E-state index contributed by atoms with van der Waals surface area (Å²) in [5, 5.41) is 42.7. The van der Waals surface area contributed by atoms with Crippen molar-refractivity contribution >= 4 is 38.0 Å². The van der Waals surface area contributed by atoms with Gasteiger partial charge in [-0.2, -0.15) is 8.42 Å². The van der Waals surface area contributed by atoms with Gasteiger partial charge in [0, 0.05) is 22.8 Å². The van der Waals surface area contributed by atoms with E-state index in [2.05, 4.69) is 9.44 Å². The molecule has 1 aliphatic heterocycles. The number of ether oxygens (including phenoxy) is 1. The van der Waals surface area contributed by atoms with Crippen LogP contribution in [0.2, 0.25) is 0 Å². The van der Waals surface area contributed by atoms with Gasteiger partial charge >= 0.3 is 10.4 Å². The van der Waals surface area contributed by atoms with E-state index in [1.54, 1.807) is 6.26 Å². The third-order valence-electron chi connectivity index (χ3n) is 4.91. The molecule has 14 heteroatoms. The summed E-state index contributed by atoms with van der Waals surface area (Å²) in [7, 11) is -5.56. The molecule has 1 aliphatic rings. The Morgan fingerprint density at radius 3 is 2.09 bits per heavy atom. The van der Waals surface area contributed by atoms with Crippen LogP contribution in [0.25, 0.3) is 0 Å². The van der Waals surface area contributed by atoms with Crippen LogP contribution in [0.1, 0.15) is 57.8 Å². The molecule has 1 unspecified atom stereocenters. The fourth-order valence-electron chi connectivity index (χ4n) is 3.16. The third-order valence-corrected chi connectivity index (χ3v) is 7.21. The van der Waals surface area contributed by atoms with E-state index in [4.69, 9.17) is 9.29 Å². The molecule has 0 radical (unpaired) electrons. The lowest BCUT2D eigenvalue weighted by atomic mass is 10.0. The van der Waals surface area contributed by atoms with Crippen LogP contribution in [0.5, 0.6) is 0 Å². The summed E-state index contributed by atoms with van der Waals surface area (Å²) in [6.45, 7) is -0.591. The molecule has 0 amide bonds. The monoisotopic (exact) mass is 521 g/mol. The predicted octanol–water partition coefficient (Wildman–Crippen LogP) is 0.542. The topological polar surface area (TPSA) is 183 Å². The molecule has 6 atom stereocenters. The molecule has 0 aromatic rings. The normalized spacial score (nSPS) is 27.9. The first-order valence-electron chi connectivity index (χ1n) is 10.5. The molecule has 0 aliphatic carbocycles. The fourth-order valence-corrected chi connectivity index (χ4v) is 5.11. The second kappa shape index (κ2) is 15.6. The molecule has 0 saturated carbocycles. The Morgan fingerprint density at radius 1 is 1.00 bits per heavy atom. The Morgan fingerprint density at radius 2 is 1.56 bits per heavy atom. The first-order valence-corrected chi connectivity index (χ1v) is 14.5. The summed E-state index contributed by atoms with van der Waals surface area (Å²) < 4.78 is 51.0. The Bertz CT molecular complexity index is 688. The van der Waals surface area contributed by atoms with Crippen LogP contribution in [0.15, 0.2) is 5.16 Å². The van der Waals surface area contributed by atoms with Crippen LogP contribution in [0, 0.1) is 0 Å². The maximum absolute atomic E-state index is 11.0. The number of hydrogen-bond acceptors (Lipinski definition) is 11. The minimum Gasteiger partial charge on any atom is -0.394 e. The molecule has 0 aromatic heterocycles. The van der Waals surface area contributed by atoms with Crippen molar-refractivity contribution in [3.63, 3.8) is 0 Å². The number of oxime groups is 1. The van der Waals surface area contributed by atoms with Crippen LogP contribution in [-0.4, -0.2) is 91.1 Å². The Hall–Kier alpha value is -0.320. The maximum Gasteiger partial charge on any atom is 0.466 e. The van der Waals surface area contributed by atoms with Crippen molar-refractivity contribution in [2.24, 2.45) is 5.16 Å². The molecule has 190 valence electrons. The van der Waals surface area contributed by atoms with Gasteiger partial charge in [0.1, 0.15) is 34.9 Å². The van der Waals surface area contributed by atoms with Gasteiger partial charge in [-0.05, 0) is 19.3 Å². The first-order chi connectivity index (χ1) is 15.0. The molecule has 1 rings (SSSR count). The molecular formula is C18H35NO10S3. The zero-order chi connectivity index (χ0) is 24.1. The van der Waals surface area contributed by atoms with Gasteiger partial charge in [0.25, 0.3) is 0 Å². The van der Waals surface area contributed by atoms with Crippen LogP contribution >= 0.6 is 11.8 Å². The number of rotatable bonds is 15. The number of nitrogens with zero attached hydrogens (tertiary/aromatic N) is 1. The van der Waals surface area contributed by atoms with Crippen molar-refractivity contribution in [3.05, 3.63) is 0 Å². The highest BCUT2D eigenvalue weighted by molar-refractivity contribution is 8.14. The summed E-state index contributed by atoms with van der Waals surface area (Å²) in [6, 6.07) is 0. The first kappa shape index (κ1) is 29.7. The van der Waals surface area contributed by atoms with E-state index in [1.807, 2.05) is 0 Å². The molecule has 11 nitrogen and oxygen atoms in total. The van der Waals surface area contributed by atoms with Crippen molar-refractivity contribution in [1.29, 1.82) is 0 Å². The largest absolute Gasteiger partial charge is 0.466 e. The van der Waals surface area contributed by atoms with Crippen LogP contribution in [0.3, 0.4) is 0 Å². The predicted molar refractivity (Wildman–Crippen MR) is 122 cm³/mol. The van der Waals surface area contributed by atoms with Gasteiger partial charge in [0.05, 0.1) is 6.61 Å². The lowest BCUT2D eigenvalue weighted by molar-refractivity contribution is -0.205. The highest BCUT2D eigenvalue weighted by atomic mass is 32.3. The smallest absolute Gasteiger partial charge is 0.394 e. The number of thioether (sulfide) groups is 1. The van der Waals surface area contributed by atoms with Gasteiger partial charge in [-0.15, -0.1) is 0 Å². The van der Waals surface area contributed by atoms with Crippen molar-refractivity contribution in [1.82, 2.24) is 0 Å². The highest BCUT2D eigenvalue weighted by Crippen LogP contribution is 2.30. The third kappa shape index (κ3) is 12.2. The minimum absolute atomic E-state index is 0.111. The molecule has 5 N–H and O–H groups in total. The maximum atomic E-state index is 11.0. The standard InChI is InChI=1S/C18H35NO10S3/c1-31(24)11-9-7-5-3-2-4-6-8-10-14(19-29-32(25,26)27)30-18-17(23)16(22)15(21)13(12-20)28-18/h13,15-18,20-23H,2-12H2,1H3,(H,25,26,27)/t13-,15-,16+,17-,18+,31?/m1/s1. The van der Waals surface area contributed by atoms with Crippen molar-refractivity contribution in [3.8, 4) is 0 Å². The SMILES string of the molecule is CS(=O)CCCCCCCCCCC(=NOS(=O)(=O)O)S[C@@H]1O[C@H](CO)[C@@H](O)[C@H](O)[C@H]1O. The lowest BCUT2D eigenvalue weighted by Gasteiger charge is -2.39. The zero-order valence-corrected chi connectivity index (χ0v) is 20.6.